The summed E-state index contributed by atoms with van der Waals surface area (Å²) in [5.41, 5.74) is 13.5. The Balaban J connectivity index is 1.14. The third-order valence-electron chi connectivity index (χ3n) is 12.1. The minimum atomic E-state index is -0.684. The van der Waals surface area contributed by atoms with E-state index in [1.54, 1.807) is 12.5 Å². The molecule has 0 fully saturated rings. The topological polar surface area (TPSA) is 46.9 Å². The quantitative estimate of drug-likeness (QED) is 0.181. The van der Waals surface area contributed by atoms with E-state index >= 15 is 0 Å². The number of ether oxygens (including phenoxy) is 1. The number of aromatic nitrogens is 1. The lowest BCUT2D eigenvalue weighted by Gasteiger charge is -2.44. The highest BCUT2D eigenvalue weighted by molar-refractivity contribution is 6.12. The first kappa shape index (κ1) is 30.6. The van der Waals surface area contributed by atoms with Gasteiger partial charge < -0.3 is 27.9 Å². The third-order valence-corrected chi connectivity index (χ3v) is 12.1. The van der Waals surface area contributed by atoms with Crippen molar-refractivity contribution in [2.75, 3.05) is 9.80 Å². The molecule has 0 atom stereocenters. The van der Waals surface area contributed by atoms with Crippen molar-refractivity contribution in [3.05, 3.63) is 211 Å². The van der Waals surface area contributed by atoms with Crippen LogP contribution in [0.15, 0.2) is 197 Å². The first-order chi connectivity index (χ1) is 28.3. The summed E-state index contributed by atoms with van der Waals surface area (Å²) in [4.78, 5) is 4.75. The molecule has 0 N–H and O–H groups in total. The Labute approximate surface area is 327 Å². The Morgan fingerprint density at radius 3 is 1.67 bits per heavy atom. The maximum Gasteiger partial charge on any atom is 0.174 e. The minimum Gasteiger partial charge on any atom is -0.461 e. The summed E-state index contributed by atoms with van der Waals surface area (Å²) in [7, 11) is 0. The Morgan fingerprint density at radius 1 is 0.368 bits per heavy atom. The first-order valence-corrected chi connectivity index (χ1v) is 19.2. The van der Waals surface area contributed by atoms with Gasteiger partial charge in [0.1, 0.15) is 0 Å². The van der Waals surface area contributed by atoms with Gasteiger partial charge in [-0.2, -0.15) is 0 Å². The zero-order valence-electron chi connectivity index (χ0n) is 30.5. The minimum absolute atomic E-state index is 0.684. The van der Waals surface area contributed by atoms with Crippen molar-refractivity contribution >= 4 is 55.9 Å². The second-order valence-electron chi connectivity index (χ2n) is 14.9. The molecule has 2 aliphatic heterocycles. The average molecular weight is 734 g/mol. The summed E-state index contributed by atoms with van der Waals surface area (Å²) in [6.07, 6.45) is 3.60. The maximum absolute atomic E-state index is 6.41. The van der Waals surface area contributed by atoms with Crippen molar-refractivity contribution in [2.45, 2.75) is 5.41 Å². The summed E-state index contributed by atoms with van der Waals surface area (Å²) in [5.74, 6) is 3.20. The number of benzene rings is 7. The fourth-order valence-corrected chi connectivity index (χ4v) is 9.92. The Morgan fingerprint density at radius 2 is 0.947 bits per heavy atom. The van der Waals surface area contributed by atoms with Crippen molar-refractivity contribution in [1.29, 1.82) is 0 Å². The molecule has 0 bridgehead atoms. The lowest BCUT2D eigenvalue weighted by Crippen LogP contribution is -2.36. The predicted octanol–water partition coefficient (Wildman–Crippen LogP) is 13.7. The molecular formula is C51H31N3O3. The summed E-state index contributed by atoms with van der Waals surface area (Å²) >= 11 is 0. The van der Waals surface area contributed by atoms with E-state index in [-0.39, 0.29) is 0 Å². The number of hydrogen-bond donors (Lipinski definition) is 0. The molecule has 5 heterocycles. The zero-order valence-corrected chi connectivity index (χ0v) is 30.5. The van der Waals surface area contributed by atoms with Crippen LogP contribution in [0.1, 0.15) is 22.3 Å². The Kier molecular flexibility index (Phi) is 6.00. The van der Waals surface area contributed by atoms with Crippen LogP contribution in [0, 0.1) is 0 Å². The molecule has 0 radical (unpaired) electrons. The van der Waals surface area contributed by atoms with Crippen molar-refractivity contribution in [3.63, 3.8) is 0 Å². The van der Waals surface area contributed by atoms with Crippen LogP contribution >= 0.6 is 0 Å². The highest BCUT2D eigenvalue weighted by Crippen LogP contribution is 2.65. The van der Waals surface area contributed by atoms with Crippen LogP contribution in [-0.2, 0) is 5.41 Å². The van der Waals surface area contributed by atoms with Gasteiger partial charge in [-0.05, 0) is 102 Å². The standard InChI is InChI=1S/C51H31N3O3/c1-2-13-32(14-3-1)52-41-19-6-4-17-35(41)36-30-40-46(31-45(36)52)53(42-20-7-5-18-37(42)51(40)38-25-27-55-49(38)50-39(51)26-28-56-50)33-15-12-16-34(29-33)54-43-21-8-10-23-47(43)57-48-24-11-9-22-44(48)54/h1-31H. The molecule has 57 heavy (non-hydrogen) atoms. The van der Waals surface area contributed by atoms with E-state index in [0.717, 1.165) is 85.0 Å². The number of rotatable bonds is 3. The van der Waals surface area contributed by atoms with E-state index in [1.807, 2.05) is 24.3 Å². The zero-order chi connectivity index (χ0) is 37.2. The van der Waals surface area contributed by atoms with Gasteiger partial charge in [-0.15, -0.1) is 0 Å². The molecule has 6 heteroatoms. The summed E-state index contributed by atoms with van der Waals surface area (Å²) in [6.45, 7) is 0. The van der Waals surface area contributed by atoms with Gasteiger partial charge in [0.15, 0.2) is 23.0 Å². The van der Waals surface area contributed by atoms with Crippen molar-refractivity contribution in [3.8, 4) is 28.7 Å². The van der Waals surface area contributed by atoms with Gasteiger partial charge in [0.05, 0.1) is 51.7 Å². The number of furan rings is 2. The smallest absolute Gasteiger partial charge is 0.174 e. The second-order valence-corrected chi connectivity index (χ2v) is 14.9. The molecule has 1 aliphatic carbocycles. The molecule has 13 rings (SSSR count). The van der Waals surface area contributed by atoms with E-state index in [1.165, 1.54) is 21.9 Å². The van der Waals surface area contributed by atoms with Gasteiger partial charge in [0.25, 0.3) is 0 Å². The number of nitrogens with zero attached hydrogens (tertiary/aromatic N) is 3. The van der Waals surface area contributed by atoms with Crippen molar-refractivity contribution in [2.24, 2.45) is 0 Å². The van der Waals surface area contributed by atoms with Crippen LogP contribution < -0.4 is 14.5 Å². The fourth-order valence-electron chi connectivity index (χ4n) is 9.92. The average Bonchev–Trinajstić information content (AvgIpc) is 4.06. The Hall–Kier alpha value is -7.70. The molecule has 7 aromatic carbocycles. The number of fused-ring (bicyclic) bond motifs is 14. The second kappa shape index (κ2) is 11.2. The van der Waals surface area contributed by atoms with Gasteiger partial charge in [0.2, 0.25) is 0 Å². The van der Waals surface area contributed by atoms with Crippen LogP contribution in [0.25, 0.3) is 39.0 Å². The van der Waals surface area contributed by atoms with Crippen LogP contribution in [0.3, 0.4) is 0 Å². The molecule has 1 spiro atoms. The monoisotopic (exact) mass is 733 g/mol. The maximum atomic E-state index is 6.41. The highest BCUT2D eigenvalue weighted by atomic mass is 16.5. The molecule has 3 aromatic heterocycles. The first-order valence-electron chi connectivity index (χ1n) is 19.2. The van der Waals surface area contributed by atoms with Crippen LogP contribution in [0.5, 0.6) is 11.5 Å². The van der Waals surface area contributed by atoms with Crippen molar-refractivity contribution in [1.82, 2.24) is 4.57 Å². The van der Waals surface area contributed by atoms with E-state index in [2.05, 4.69) is 166 Å². The summed E-state index contributed by atoms with van der Waals surface area (Å²) in [5, 5.41) is 2.38. The van der Waals surface area contributed by atoms with Gasteiger partial charge in [-0.1, -0.05) is 84.9 Å². The normalized spacial score (nSPS) is 14.2. The Bertz CT molecular complexity index is 3180. The third kappa shape index (κ3) is 3.93. The van der Waals surface area contributed by atoms with E-state index < -0.39 is 5.41 Å². The molecule has 10 aromatic rings. The predicted molar refractivity (Wildman–Crippen MR) is 226 cm³/mol. The van der Waals surface area contributed by atoms with Crippen LogP contribution in [0.2, 0.25) is 0 Å². The lowest BCUT2D eigenvalue weighted by atomic mass is 9.65. The molecule has 6 nitrogen and oxygen atoms in total. The molecule has 0 amide bonds. The molecule has 0 saturated carbocycles. The van der Waals surface area contributed by atoms with Crippen LogP contribution in [0.4, 0.5) is 34.1 Å². The molecular weight excluding hydrogens is 703 g/mol. The van der Waals surface area contributed by atoms with E-state index in [4.69, 9.17) is 13.6 Å². The van der Waals surface area contributed by atoms with E-state index in [9.17, 15) is 0 Å². The van der Waals surface area contributed by atoms with Gasteiger partial charge >= 0.3 is 0 Å². The molecule has 3 aliphatic rings. The fraction of sp³-hybridized carbons (Fsp3) is 0.0196. The number of para-hydroxylation sites is 7. The van der Waals surface area contributed by atoms with E-state index in [0.29, 0.717) is 0 Å². The largest absolute Gasteiger partial charge is 0.461 e. The molecule has 0 saturated heterocycles. The molecule has 268 valence electrons. The van der Waals surface area contributed by atoms with Crippen molar-refractivity contribution < 1.29 is 13.6 Å². The summed E-state index contributed by atoms with van der Waals surface area (Å²) < 4.78 is 21.3. The van der Waals surface area contributed by atoms with Gasteiger partial charge in [0, 0.05) is 39.0 Å². The highest BCUT2D eigenvalue weighted by Gasteiger charge is 2.55. The lowest BCUT2D eigenvalue weighted by molar-refractivity contribution is 0.477. The molecule has 0 unspecified atom stereocenters. The van der Waals surface area contributed by atoms with Crippen LogP contribution in [-0.4, -0.2) is 4.57 Å². The SMILES string of the molecule is c1ccc(-n2c3ccccc3c3cc4c(cc32)N(c2cccc(N3c5ccccc5Oc5ccccc53)c2)c2ccccc2C42c3ccoc3-c3occc32)cc1. The summed E-state index contributed by atoms with van der Waals surface area (Å²) in [6, 6.07) is 62.7. The van der Waals surface area contributed by atoms with Gasteiger partial charge in [-0.25, -0.2) is 0 Å². The number of anilines is 6. The van der Waals surface area contributed by atoms with Gasteiger partial charge in [-0.3, -0.25) is 0 Å². The number of hydrogen-bond acceptors (Lipinski definition) is 5.